The maximum Gasteiger partial charge on any atom is 0.325 e. The first-order chi connectivity index (χ1) is 10.3. The van der Waals surface area contributed by atoms with Crippen LogP contribution in [0.15, 0.2) is 43.0 Å². The second-order valence-corrected chi connectivity index (χ2v) is 4.33. The van der Waals surface area contributed by atoms with Crippen molar-refractivity contribution >= 4 is 28.6 Å². The van der Waals surface area contributed by atoms with Gasteiger partial charge in [0.25, 0.3) is 0 Å². The number of nitrogens with one attached hydrogen (secondary N) is 1. The maximum atomic E-state index is 11.4. The zero-order valence-corrected chi connectivity index (χ0v) is 11.4. The Morgan fingerprint density at radius 2 is 2.05 bits per heavy atom. The molecule has 7 heteroatoms. The Hall–Kier alpha value is -2.96. The van der Waals surface area contributed by atoms with E-state index in [2.05, 4.69) is 25.0 Å². The number of fused-ring (bicyclic) bond motifs is 1. The molecule has 0 saturated heterocycles. The summed E-state index contributed by atoms with van der Waals surface area (Å²) < 4.78 is 6.28. The highest BCUT2D eigenvalue weighted by Gasteiger charge is 2.12. The molecule has 0 fully saturated rings. The molecule has 0 amide bonds. The second kappa shape index (κ2) is 5.58. The van der Waals surface area contributed by atoms with E-state index in [0.717, 1.165) is 5.69 Å². The monoisotopic (exact) mass is 283 g/mol. The first kappa shape index (κ1) is 13.0. The standard InChI is InChI=1S/C14H13N5O2/c1-21-11(20)7-19-9-17-12-13(15-8-16-14(12)19)18-10-5-3-2-4-6-10/h2-6,8-9H,7H2,1H3,(H,15,16,18). The lowest BCUT2D eigenvalue weighted by molar-refractivity contribution is -0.141. The number of nitrogens with zero attached hydrogens (tertiary/aromatic N) is 4. The molecule has 1 aromatic carbocycles. The SMILES string of the molecule is COC(=O)Cn1cnc2c(Nc3ccccc3)ncnc21. The van der Waals surface area contributed by atoms with Crippen molar-refractivity contribution in [1.82, 2.24) is 19.5 Å². The van der Waals surface area contributed by atoms with Crippen molar-refractivity contribution < 1.29 is 9.53 Å². The molecule has 0 saturated carbocycles. The number of benzene rings is 1. The lowest BCUT2D eigenvalue weighted by Crippen LogP contribution is -2.11. The fraction of sp³-hybridized carbons (Fsp3) is 0.143. The lowest BCUT2D eigenvalue weighted by atomic mass is 10.3. The van der Waals surface area contributed by atoms with Gasteiger partial charge in [-0.05, 0) is 12.1 Å². The topological polar surface area (TPSA) is 81.9 Å². The minimum atomic E-state index is -0.356. The van der Waals surface area contributed by atoms with Crippen molar-refractivity contribution in [2.45, 2.75) is 6.54 Å². The highest BCUT2D eigenvalue weighted by molar-refractivity contribution is 5.85. The molecule has 0 atom stereocenters. The zero-order chi connectivity index (χ0) is 14.7. The Kier molecular flexibility index (Phi) is 3.46. The Morgan fingerprint density at radius 3 is 2.81 bits per heavy atom. The van der Waals surface area contributed by atoms with Crippen LogP contribution >= 0.6 is 0 Å². The van der Waals surface area contributed by atoms with Gasteiger partial charge < -0.3 is 14.6 Å². The summed E-state index contributed by atoms with van der Waals surface area (Å²) in [4.78, 5) is 24.0. The normalized spacial score (nSPS) is 10.5. The molecule has 106 valence electrons. The average molecular weight is 283 g/mol. The number of methoxy groups -OCH3 is 1. The van der Waals surface area contributed by atoms with E-state index in [4.69, 9.17) is 0 Å². The van der Waals surface area contributed by atoms with E-state index < -0.39 is 0 Å². The van der Waals surface area contributed by atoms with Crippen molar-refractivity contribution in [3.05, 3.63) is 43.0 Å². The van der Waals surface area contributed by atoms with E-state index in [1.165, 1.54) is 13.4 Å². The Balaban J connectivity index is 1.96. The number of carbonyl (C=O) groups excluding carboxylic acids is 1. The Bertz CT molecular complexity index is 769. The van der Waals surface area contributed by atoms with Gasteiger partial charge in [0, 0.05) is 5.69 Å². The number of anilines is 2. The lowest BCUT2D eigenvalue weighted by Gasteiger charge is -2.06. The Labute approximate surface area is 120 Å². The van der Waals surface area contributed by atoms with Gasteiger partial charge in [-0.1, -0.05) is 18.2 Å². The predicted octanol–water partition coefficient (Wildman–Crippen LogP) is 1.74. The molecule has 1 N–H and O–H groups in total. The molecule has 0 aliphatic rings. The van der Waals surface area contributed by atoms with Crippen LogP contribution in [0.4, 0.5) is 11.5 Å². The van der Waals surface area contributed by atoms with Crippen LogP contribution in [0.1, 0.15) is 0 Å². The third-order valence-corrected chi connectivity index (χ3v) is 2.96. The number of aromatic nitrogens is 4. The molecule has 3 rings (SSSR count). The summed E-state index contributed by atoms with van der Waals surface area (Å²) in [7, 11) is 1.35. The molecule has 21 heavy (non-hydrogen) atoms. The van der Waals surface area contributed by atoms with Crippen LogP contribution in [0.5, 0.6) is 0 Å². The van der Waals surface area contributed by atoms with Crippen molar-refractivity contribution in [3.8, 4) is 0 Å². The molecule has 2 heterocycles. The first-order valence-electron chi connectivity index (χ1n) is 6.32. The van der Waals surface area contributed by atoms with Gasteiger partial charge in [-0.25, -0.2) is 15.0 Å². The van der Waals surface area contributed by atoms with Gasteiger partial charge in [0.1, 0.15) is 12.9 Å². The van der Waals surface area contributed by atoms with Crippen LogP contribution in [0.3, 0.4) is 0 Å². The van der Waals surface area contributed by atoms with Gasteiger partial charge in [-0.2, -0.15) is 0 Å². The average Bonchev–Trinajstić information content (AvgIpc) is 2.92. The number of hydrogen-bond donors (Lipinski definition) is 1. The van der Waals surface area contributed by atoms with Crippen LogP contribution in [-0.2, 0) is 16.1 Å². The molecule has 0 bridgehead atoms. The van der Waals surface area contributed by atoms with E-state index in [0.29, 0.717) is 17.0 Å². The van der Waals surface area contributed by atoms with Crippen LogP contribution in [-0.4, -0.2) is 32.6 Å². The second-order valence-electron chi connectivity index (χ2n) is 4.33. The minimum absolute atomic E-state index is 0.0643. The highest BCUT2D eigenvalue weighted by atomic mass is 16.5. The molecule has 0 unspecified atom stereocenters. The summed E-state index contributed by atoms with van der Waals surface area (Å²) in [6.07, 6.45) is 2.98. The van der Waals surface area contributed by atoms with Gasteiger partial charge in [-0.15, -0.1) is 0 Å². The number of para-hydroxylation sites is 1. The van der Waals surface area contributed by atoms with Gasteiger partial charge in [-0.3, -0.25) is 4.79 Å². The van der Waals surface area contributed by atoms with E-state index in [1.807, 2.05) is 30.3 Å². The number of esters is 1. The van der Waals surface area contributed by atoms with Gasteiger partial charge in [0.05, 0.1) is 13.4 Å². The van der Waals surface area contributed by atoms with Gasteiger partial charge >= 0.3 is 5.97 Å². The zero-order valence-electron chi connectivity index (χ0n) is 11.4. The fourth-order valence-electron chi connectivity index (χ4n) is 1.95. The maximum absolute atomic E-state index is 11.4. The van der Waals surface area contributed by atoms with Crippen LogP contribution in [0.25, 0.3) is 11.2 Å². The third kappa shape index (κ3) is 2.66. The number of hydrogen-bond acceptors (Lipinski definition) is 6. The Morgan fingerprint density at radius 1 is 1.24 bits per heavy atom. The van der Waals surface area contributed by atoms with Crippen molar-refractivity contribution in [1.29, 1.82) is 0 Å². The minimum Gasteiger partial charge on any atom is -0.468 e. The smallest absolute Gasteiger partial charge is 0.325 e. The van der Waals surface area contributed by atoms with Crippen molar-refractivity contribution in [3.63, 3.8) is 0 Å². The largest absolute Gasteiger partial charge is 0.468 e. The van der Waals surface area contributed by atoms with E-state index in [9.17, 15) is 4.79 Å². The number of ether oxygens (including phenoxy) is 1. The fourth-order valence-corrected chi connectivity index (χ4v) is 1.95. The molecule has 0 aliphatic heterocycles. The van der Waals surface area contributed by atoms with E-state index in [1.54, 1.807) is 10.9 Å². The molecule has 7 nitrogen and oxygen atoms in total. The van der Waals surface area contributed by atoms with Gasteiger partial charge in [0.15, 0.2) is 17.0 Å². The molecule has 3 aromatic rings. The molecule has 0 aliphatic carbocycles. The van der Waals surface area contributed by atoms with Crippen LogP contribution < -0.4 is 5.32 Å². The summed E-state index contributed by atoms with van der Waals surface area (Å²) in [5.41, 5.74) is 2.08. The number of carbonyl (C=O) groups is 1. The van der Waals surface area contributed by atoms with E-state index >= 15 is 0 Å². The summed E-state index contributed by atoms with van der Waals surface area (Å²) in [5, 5.41) is 3.18. The van der Waals surface area contributed by atoms with E-state index in [-0.39, 0.29) is 12.5 Å². The summed E-state index contributed by atoms with van der Waals surface area (Å²) in [6.45, 7) is 0.0643. The molecule has 0 spiro atoms. The van der Waals surface area contributed by atoms with Crippen molar-refractivity contribution in [2.75, 3.05) is 12.4 Å². The van der Waals surface area contributed by atoms with Crippen molar-refractivity contribution in [2.24, 2.45) is 0 Å². The summed E-state index contributed by atoms with van der Waals surface area (Å²) in [5.74, 6) is 0.236. The van der Waals surface area contributed by atoms with Crippen LogP contribution in [0, 0.1) is 0 Å². The third-order valence-electron chi connectivity index (χ3n) is 2.96. The summed E-state index contributed by atoms with van der Waals surface area (Å²) in [6, 6.07) is 9.65. The molecular weight excluding hydrogens is 270 g/mol. The predicted molar refractivity (Wildman–Crippen MR) is 77.1 cm³/mol. The van der Waals surface area contributed by atoms with Gasteiger partial charge in [0.2, 0.25) is 0 Å². The number of rotatable bonds is 4. The summed E-state index contributed by atoms with van der Waals surface area (Å²) >= 11 is 0. The quantitative estimate of drug-likeness (QED) is 0.734. The number of imidazole rings is 1. The van der Waals surface area contributed by atoms with Crippen LogP contribution in [0.2, 0.25) is 0 Å². The molecular formula is C14H13N5O2. The molecule has 0 radical (unpaired) electrons. The highest BCUT2D eigenvalue weighted by Crippen LogP contribution is 2.21. The molecule has 2 aromatic heterocycles. The first-order valence-corrected chi connectivity index (χ1v) is 6.32.